The molecule has 0 saturated heterocycles. The maximum Gasteiger partial charge on any atom is 0.130 e. The summed E-state index contributed by atoms with van der Waals surface area (Å²) in [4.78, 5) is 2.15. The topological polar surface area (TPSA) is 28.4 Å². The molecule has 22 heavy (non-hydrogen) atoms. The van der Waals surface area contributed by atoms with Gasteiger partial charge in [0.15, 0.2) is 0 Å². The Morgan fingerprint density at radius 1 is 1.32 bits per heavy atom. The van der Waals surface area contributed by atoms with Gasteiger partial charge in [-0.05, 0) is 75.3 Å². The summed E-state index contributed by atoms with van der Waals surface area (Å²) in [6.45, 7) is 1.85. The van der Waals surface area contributed by atoms with Crippen LogP contribution >= 0.6 is 11.6 Å². The van der Waals surface area contributed by atoms with E-state index in [0.29, 0.717) is 11.4 Å². The van der Waals surface area contributed by atoms with Crippen molar-refractivity contribution >= 4 is 11.6 Å². The van der Waals surface area contributed by atoms with Crippen LogP contribution in [0.3, 0.4) is 0 Å². The average Bonchev–Trinajstić information content (AvgIpc) is 2.90. The SMILES string of the molecule is CN(C)CCCC1(O)c2cc(Cl)ccc2CCn2cccc21. The van der Waals surface area contributed by atoms with Crippen LogP contribution in [0.2, 0.25) is 5.02 Å². The monoisotopic (exact) mass is 318 g/mol. The van der Waals surface area contributed by atoms with Gasteiger partial charge in [-0.2, -0.15) is 0 Å². The molecule has 1 atom stereocenters. The molecule has 1 N–H and O–H groups in total. The highest BCUT2D eigenvalue weighted by atomic mass is 35.5. The lowest BCUT2D eigenvalue weighted by molar-refractivity contribution is 0.0597. The average molecular weight is 319 g/mol. The Morgan fingerprint density at radius 2 is 2.14 bits per heavy atom. The minimum Gasteiger partial charge on any atom is -0.379 e. The molecule has 1 aliphatic rings. The number of aromatic nitrogens is 1. The molecule has 0 radical (unpaired) electrons. The van der Waals surface area contributed by atoms with Crippen molar-refractivity contribution in [1.29, 1.82) is 0 Å². The van der Waals surface area contributed by atoms with Gasteiger partial charge in [0.1, 0.15) is 5.60 Å². The van der Waals surface area contributed by atoms with Crippen LogP contribution < -0.4 is 0 Å². The zero-order valence-electron chi connectivity index (χ0n) is 13.2. The normalized spacial score (nSPS) is 20.6. The van der Waals surface area contributed by atoms with E-state index in [0.717, 1.165) is 37.2 Å². The fourth-order valence-corrected chi connectivity index (χ4v) is 3.60. The van der Waals surface area contributed by atoms with Gasteiger partial charge < -0.3 is 14.6 Å². The number of hydrogen-bond acceptors (Lipinski definition) is 2. The Hall–Kier alpha value is -1.29. The highest BCUT2D eigenvalue weighted by Gasteiger charge is 2.37. The highest BCUT2D eigenvalue weighted by Crippen LogP contribution is 2.40. The van der Waals surface area contributed by atoms with Crippen molar-refractivity contribution in [2.45, 2.75) is 31.4 Å². The molecule has 3 nitrogen and oxygen atoms in total. The molecule has 4 heteroatoms. The predicted octanol–water partition coefficient (Wildman–Crippen LogP) is 3.28. The molecule has 2 heterocycles. The van der Waals surface area contributed by atoms with Crippen molar-refractivity contribution in [3.63, 3.8) is 0 Å². The van der Waals surface area contributed by atoms with Gasteiger partial charge in [0.2, 0.25) is 0 Å². The van der Waals surface area contributed by atoms with Crippen LogP contribution in [-0.2, 0) is 18.6 Å². The number of fused-ring (bicyclic) bond motifs is 2. The number of nitrogens with zero attached hydrogens (tertiary/aromatic N) is 2. The van der Waals surface area contributed by atoms with Crippen LogP contribution in [0.5, 0.6) is 0 Å². The molecular weight excluding hydrogens is 296 g/mol. The minimum absolute atomic E-state index is 0.685. The Balaban J connectivity index is 2.05. The molecule has 0 saturated carbocycles. The Morgan fingerprint density at radius 3 is 2.91 bits per heavy atom. The van der Waals surface area contributed by atoms with Crippen LogP contribution in [-0.4, -0.2) is 35.2 Å². The fourth-order valence-electron chi connectivity index (χ4n) is 3.43. The third-order valence-corrected chi connectivity index (χ3v) is 4.77. The summed E-state index contributed by atoms with van der Waals surface area (Å²) in [6.07, 6.45) is 4.60. The van der Waals surface area contributed by atoms with Crippen molar-refractivity contribution in [2.24, 2.45) is 0 Å². The second kappa shape index (κ2) is 6.07. The van der Waals surface area contributed by atoms with Crippen LogP contribution in [0.25, 0.3) is 0 Å². The molecule has 3 rings (SSSR count). The van der Waals surface area contributed by atoms with Crippen molar-refractivity contribution in [3.8, 4) is 0 Å². The number of aliphatic hydroxyl groups is 1. The first-order valence-electron chi connectivity index (χ1n) is 7.82. The summed E-state index contributed by atoms with van der Waals surface area (Å²) in [6, 6.07) is 9.96. The van der Waals surface area contributed by atoms with E-state index in [4.69, 9.17) is 11.6 Å². The first-order valence-corrected chi connectivity index (χ1v) is 8.20. The lowest BCUT2D eigenvalue weighted by Crippen LogP contribution is -2.31. The largest absolute Gasteiger partial charge is 0.379 e. The Kier molecular flexibility index (Phi) is 4.31. The number of benzene rings is 1. The Labute approximate surface area is 137 Å². The van der Waals surface area contributed by atoms with E-state index in [1.165, 1.54) is 5.56 Å². The number of hydrogen-bond donors (Lipinski definition) is 1. The van der Waals surface area contributed by atoms with E-state index in [9.17, 15) is 5.11 Å². The van der Waals surface area contributed by atoms with Gasteiger partial charge >= 0.3 is 0 Å². The molecule has 1 aromatic carbocycles. The smallest absolute Gasteiger partial charge is 0.130 e. The lowest BCUT2D eigenvalue weighted by Gasteiger charge is -2.30. The van der Waals surface area contributed by atoms with Gasteiger partial charge in [-0.1, -0.05) is 17.7 Å². The molecule has 2 aromatic rings. The molecule has 0 spiro atoms. The summed E-state index contributed by atoms with van der Waals surface area (Å²) in [5, 5.41) is 12.3. The van der Waals surface area contributed by atoms with Gasteiger partial charge in [0.05, 0.1) is 5.69 Å². The van der Waals surface area contributed by atoms with Crippen molar-refractivity contribution in [3.05, 3.63) is 58.4 Å². The summed E-state index contributed by atoms with van der Waals surface area (Å²) >= 11 is 6.22. The van der Waals surface area contributed by atoms with Crippen LogP contribution in [0.1, 0.15) is 29.7 Å². The standard InChI is InChI=1S/C18H23ClN2O/c1-20(2)10-4-9-18(22)16-13-15(19)7-6-14(16)8-12-21-11-3-5-17(18)21/h3,5-7,11,13,22H,4,8-10,12H2,1-2H3. The Bertz CT molecular complexity index is 665. The third-order valence-electron chi connectivity index (χ3n) is 4.54. The second-order valence-corrected chi connectivity index (χ2v) is 6.84. The van der Waals surface area contributed by atoms with Gasteiger partial charge in [-0.25, -0.2) is 0 Å². The van der Waals surface area contributed by atoms with E-state index < -0.39 is 5.60 Å². The maximum absolute atomic E-state index is 11.6. The zero-order valence-corrected chi connectivity index (χ0v) is 14.0. The van der Waals surface area contributed by atoms with Crippen LogP contribution in [0, 0.1) is 0 Å². The maximum atomic E-state index is 11.6. The third kappa shape index (κ3) is 2.81. The van der Waals surface area contributed by atoms with E-state index >= 15 is 0 Å². The predicted molar refractivity (Wildman–Crippen MR) is 90.4 cm³/mol. The highest BCUT2D eigenvalue weighted by molar-refractivity contribution is 6.30. The van der Waals surface area contributed by atoms with Gasteiger partial charge in [-0.15, -0.1) is 0 Å². The van der Waals surface area contributed by atoms with Crippen molar-refractivity contribution in [2.75, 3.05) is 20.6 Å². The zero-order chi connectivity index (χ0) is 15.7. The molecule has 1 aliphatic heterocycles. The van der Waals surface area contributed by atoms with Gasteiger partial charge in [0.25, 0.3) is 0 Å². The van der Waals surface area contributed by atoms with Crippen LogP contribution in [0.15, 0.2) is 36.5 Å². The molecule has 0 fully saturated rings. The summed E-state index contributed by atoms with van der Waals surface area (Å²) < 4.78 is 2.17. The lowest BCUT2D eigenvalue weighted by atomic mass is 9.83. The number of halogens is 1. The van der Waals surface area contributed by atoms with Gasteiger partial charge in [0, 0.05) is 17.8 Å². The van der Waals surface area contributed by atoms with Crippen LogP contribution in [0.4, 0.5) is 0 Å². The quantitative estimate of drug-likeness (QED) is 0.937. The molecule has 118 valence electrons. The minimum atomic E-state index is -0.962. The van der Waals surface area contributed by atoms with Crippen molar-refractivity contribution < 1.29 is 5.11 Å². The van der Waals surface area contributed by atoms with E-state index in [1.54, 1.807) is 0 Å². The second-order valence-electron chi connectivity index (χ2n) is 6.41. The summed E-state index contributed by atoms with van der Waals surface area (Å²) in [7, 11) is 4.12. The molecule has 0 bridgehead atoms. The number of rotatable bonds is 4. The molecule has 0 aliphatic carbocycles. The summed E-state index contributed by atoms with van der Waals surface area (Å²) in [5.41, 5.74) is 2.18. The first-order chi connectivity index (χ1) is 10.5. The van der Waals surface area contributed by atoms with E-state index in [-0.39, 0.29) is 0 Å². The molecule has 1 unspecified atom stereocenters. The summed E-state index contributed by atoms with van der Waals surface area (Å²) in [5.74, 6) is 0. The molecular formula is C18H23ClN2O. The van der Waals surface area contributed by atoms with Crippen molar-refractivity contribution in [1.82, 2.24) is 9.47 Å². The van der Waals surface area contributed by atoms with Gasteiger partial charge in [-0.3, -0.25) is 0 Å². The molecule has 1 aromatic heterocycles. The number of aryl methyl sites for hydroxylation is 2. The molecule has 0 amide bonds. The van der Waals surface area contributed by atoms with E-state index in [2.05, 4.69) is 35.8 Å². The fraction of sp³-hybridized carbons (Fsp3) is 0.444. The van der Waals surface area contributed by atoms with E-state index in [1.807, 2.05) is 24.3 Å². The first kappa shape index (κ1) is 15.6.